The zero-order valence-electron chi connectivity index (χ0n) is 12.2. The number of hydrogen-bond acceptors (Lipinski definition) is 4. The molecule has 2 aliphatic rings. The Hall–Kier alpha value is -1.26. The van der Waals surface area contributed by atoms with Gasteiger partial charge in [0.2, 0.25) is 0 Å². The first-order chi connectivity index (χ1) is 9.81. The third kappa shape index (κ3) is 3.44. The fourth-order valence-corrected chi connectivity index (χ4v) is 3.02. The van der Waals surface area contributed by atoms with Crippen LogP contribution < -0.4 is 14.8 Å². The van der Waals surface area contributed by atoms with E-state index in [0.717, 1.165) is 24.6 Å². The van der Waals surface area contributed by atoms with Crippen LogP contribution >= 0.6 is 0 Å². The van der Waals surface area contributed by atoms with Crippen LogP contribution in [0.3, 0.4) is 0 Å². The van der Waals surface area contributed by atoms with E-state index in [1.54, 1.807) is 0 Å². The number of ether oxygens (including phenoxy) is 2. The molecule has 0 aromatic heterocycles. The molecule has 110 valence electrons. The van der Waals surface area contributed by atoms with Crippen LogP contribution in [-0.4, -0.2) is 44.3 Å². The molecular formula is C16H24N2O2. The quantitative estimate of drug-likeness (QED) is 0.912. The molecule has 4 heteroatoms. The van der Waals surface area contributed by atoms with Crippen LogP contribution in [0.1, 0.15) is 24.8 Å². The fourth-order valence-electron chi connectivity index (χ4n) is 3.02. The monoisotopic (exact) mass is 276 g/mol. The molecule has 0 spiro atoms. The van der Waals surface area contributed by atoms with E-state index in [1.807, 2.05) is 6.07 Å². The number of nitrogens with zero attached hydrogens (tertiary/aromatic N) is 1. The second-order valence-electron chi connectivity index (χ2n) is 5.82. The minimum absolute atomic E-state index is 0.644. The van der Waals surface area contributed by atoms with Crippen LogP contribution in [0.2, 0.25) is 0 Å². The van der Waals surface area contributed by atoms with Crippen molar-refractivity contribution in [2.45, 2.75) is 31.8 Å². The summed E-state index contributed by atoms with van der Waals surface area (Å²) in [5, 5.41) is 3.60. The smallest absolute Gasteiger partial charge is 0.161 e. The molecule has 20 heavy (non-hydrogen) atoms. The van der Waals surface area contributed by atoms with Crippen molar-refractivity contribution in [1.29, 1.82) is 0 Å². The molecule has 2 aliphatic heterocycles. The van der Waals surface area contributed by atoms with Crippen molar-refractivity contribution in [2.24, 2.45) is 0 Å². The molecule has 1 N–H and O–H groups in total. The number of rotatable bonds is 4. The highest BCUT2D eigenvalue weighted by Gasteiger charge is 2.16. The van der Waals surface area contributed by atoms with Crippen LogP contribution in [0.5, 0.6) is 11.5 Å². The third-order valence-corrected chi connectivity index (χ3v) is 4.00. The molecule has 2 heterocycles. The molecular weight excluding hydrogens is 252 g/mol. The maximum absolute atomic E-state index is 5.64. The largest absolute Gasteiger partial charge is 0.486 e. The average molecular weight is 276 g/mol. The Morgan fingerprint density at radius 1 is 1.20 bits per heavy atom. The van der Waals surface area contributed by atoms with Gasteiger partial charge in [-0.1, -0.05) is 12.5 Å². The summed E-state index contributed by atoms with van der Waals surface area (Å²) in [7, 11) is 2.19. The summed E-state index contributed by atoms with van der Waals surface area (Å²) in [4.78, 5) is 2.38. The van der Waals surface area contributed by atoms with Gasteiger partial charge in [-0.2, -0.15) is 0 Å². The topological polar surface area (TPSA) is 33.7 Å². The standard InChI is InChI=1S/C16H24N2O2/c1-18(12-14-4-2-3-7-17-14)11-13-5-6-15-16(10-13)20-9-8-19-15/h5-6,10,14,17H,2-4,7-9,11-12H2,1H3. The number of nitrogens with one attached hydrogen (secondary N) is 1. The molecule has 0 bridgehead atoms. The van der Waals surface area contributed by atoms with Gasteiger partial charge in [-0.25, -0.2) is 0 Å². The van der Waals surface area contributed by atoms with E-state index < -0.39 is 0 Å². The van der Waals surface area contributed by atoms with E-state index >= 15 is 0 Å². The van der Waals surface area contributed by atoms with E-state index in [2.05, 4.69) is 29.4 Å². The molecule has 1 atom stereocenters. The molecule has 0 radical (unpaired) electrons. The van der Waals surface area contributed by atoms with Crippen LogP contribution in [0.15, 0.2) is 18.2 Å². The van der Waals surface area contributed by atoms with Crippen LogP contribution in [0, 0.1) is 0 Å². The van der Waals surface area contributed by atoms with Crippen molar-refractivity contribution < 1.29 is 9.47 Å². The summed E-state index contributed by atoms with van der Waals surface area (Å²) in [6.45, 7) is 4.53. The molecule has 4 nitrogen and oxygen atoms in total. The van der Waals surface area contributed by atoms with Gasteiger partial charge in [0, 0.05) is 19.1 Å². The number of piperidine rings is 1. The molecule has 1 saturated heterocycles. The van der Waals surface area contributed by atoms with Crippen molar-refractivity contribution in [3.05, 3.63) is 23.8 Å². The number of hydrogen-bond donors (Lipinski definition) is 1. The van der Waals surface area contributed by atoms with Gasteiger partial charge in [0.1, 0.15) is 13.2 Å². The van der Waals surface area contributed by atoms with Crippen molar-refractivity contribution in [1.82, 2.24) is 10.2 Å². The first-order valence-electron chi connectivity index (χ1n) is 7.62. The summed E-state index contributed by atoms with van der Waals surface area (Å²) in [5.74, 6) is 1.76. The summed E-state index contributed by atoms with van der Waals surface area (Å²) in [6, 6.07) is 6.92. The van der Waals surface area contributed by atoms with Crippen molar-refractivity contribution in [2.75, 3.05) is 33.4 Å². The molecule has 1 unspecified atom stereocenters. The number of fused-ring (bicyclic) bond motifs is 1. The van der Waals surface area contributed by atoms with Gasteiger partial charge in [-0.3, -0.25) is 0 Å². The maximum Gasteiger partial charge on any atom is 0.161 e. The molecule has 1 aromatic carbocycles. The molecule has 0 aliphatic carbocycles. The molecule has 1 aromatic rings. The SMILES string of the molecule is CN(Cc1ccc2c(c1)OCCO2)CC1CCCCN1. The van der Waals surface area contributed by atoms with Crippen molar-refractivity contribution in [3.63, 3.8) is 0 Å². The zero-order chi connectivity index (χ0) is 13.8. The molecule has 1 fully saturated rings. The highest BCUT2D eigenvalue weighted by Crippen LogP contribution is 2.31. The fraction of sp³-hybridized carbons (Fsp3) is 0.625. The minimum atomic E-state index is 0.644. The zero-order valence-corrected chi connectivity index (χ0v) is 12.2. The summed E-state index contributed by atoms with van der Waals surface area (Å²) in [5.41, 5.74) is 1.28. The average Bonchev–Trinajstić information content (AvgIpc) is 2.48. The number of likely N-dealkylation sites (N-methyl/N-ethyl adjacent to an activating group) is 1. The van der Waals surface area contributed by atoms with Crippen LogP contribution in [-0.2, 0) is 6.54 Å². The Balaban J connectivity index is 1.56. The van der Waals surface area contributed by atoms with Crippen LogP contribution in [0.25, 0.3) is 0 Å². The third-order valence-electron chi connectivity index (χ3n) is 4.00. The lowest BCUT2D eigenvalue weighted by Gasteiger charge is -2.28. The van der Waals surface area contributed by atoms with E-state index in [9.17, 15) is 0 Å². The van der Waals surface area contributed by atoms with Gasteiger partial charge in [-0.05, 0) is 44.1 Å². The van der Waals surface area contributed by atoms with E-state index in [1.165, 1.54) is 31.4 Å². The Morgan fingerprint density at radius 2 is 2.05 bits per heavy atom. The lowest BCUT2D eigenvalue weighted by molar-refractivity contribution is 0.171. The molecule has 0 amide bonds. The van der Waals surface area contributed by atoms with Gasteiger partial charge in [0.25, 0.3) is 0 Å². The van der Waals surface area contributed by atoms with Gasteiger partial charge in [-0.15, -0.1) is 0 Å². The first kappa shape index (κ1) is 13.7. The predicted octanol–water partition coefficient (Wildman–Crippen LogP) is 2.03. The van der Waals surface area contributed by atoms with Gasteiger partial charge in [0.05, 0.1) is 0 Å². The second kappa shape index (κ2) is 6.46. The summed E-state index contributed by atoms with van der Waals surface area (Å²) in [6.07, 6.45) is 3.98. The Kier molecular flexibility index (Phi) is 4.43. The lowest BCUT2D eigenvalue weighted by atomic mass is 10.0. The highest BCUT2D eigenvalue weighted by molar-refractivity contribution is 5.43. The van der Waals surface area contributed by atoms with Gasteiger partial charge >= 0.3 is 0 Å². The highest BCUT2D eigenvalue weighted by atomic mass is 16.6. The maximum atomic E-state index is 5.64. The van der Waals surface area contributed by atoms with Gasteiger partial charge < -0.3 is 19.7 Å². The number of benzene rings is 1. The Morgan fingerprint density at radius 3 is 2.85 bits per heavy atom. The van der Waals surface area contributed by atoms with E-state index in [0.29, 0.717) is 19.3 Å². The second-order valence-corrected chi connectivity index (χ2v) is 5.82. The summed E-state index contributed by atoms with van der Waals surface area (Å²) >= 11 is 0. The minimum Gasteiger partial charge on any atom is -0.486 e. The Bertz CT molecular complexity index is 444. The predicted molar refractivity (Wildman–Crippen MR) is 79.4 cm³/mol. The summed E-state index contributed by atoms with van der Waals surface area (Å²) < 4.78 is 11.2. The normalized spacial score (nSPS) is 22.0. The van der Waals surface area contributed by atoms with Crippen LogP contribution in [0.4, 0.5) is 0 Å². The molecule has 0 saturated carbocycles. The van der Waals surface area contributed by atoms with Gasteiger partial charge in [0.15, 0.2) is 11.5 Å². The lowest BCUT2D eigenvalue weighted by Crippen LogP contribution is -2.42. The first-order valence-corrected chi connectivity index (χ1v) is 7.62. The van der Waals surface area contributed by atoms with E-state index in [-0.39, 0.29) is 0 Å². The Labute approximate surface area is 121 Å². The molecule has 3 rings (SSSR count). The van der Waals surface area contributed by atoms with E-state index in [4.69, 9.17) is 9.47 Å². The van der Waals surface area contributed by atoms with Crippen molar-refractivity contribution in [3.8, 4) is 11.5 Å². The van der Waals surface area contributed by atoms with Crippen molar-refractivity contribution >= 4 is 0 Å².